The second kappa shape index (κ2) is 5.01. The number of H-pyrrole nitrogens is 1. The number of aromatic nitrogens is 2. The number of rotatable bonds is 4. The smallest absolute Gasteiger partial charge is 0.313 e. The molecule has 0 bridgehead atoms. The zero-order chi connectivity index (χ0) is 12.3. The Morgan fingerprint density at radius 1 is 1.53 bits per heavy atom. The molecular formula is C11H9FN2O2S. The highest BCUT2D eigenvalue weighted by molar-refractivity contribution is 7.99. The number of thioether (sulfide) groups is 1. The van der Waals surface area contributed by atoms with Crippen molar-refractivity contribution >= 4 is 17.7 Å². The van der Waals surface area contributed by atoms with Crippen LogP contribution in [0, 0.1) is 5.82 Å². The van der Waals surface area contributed by atoms with Crippen molar-refractivity contribution in [3.63, 3.8) is 0 Å². The van der Waals surface area contributed by atoms with E-state index in [1.165, 1.54) is 12.1 Å². The number of halogens is 1. The van der Waals surface area contributed by atoms with Gasteiger partial charge < -0.3 is 10.1 Å². The Hall–Kier alpha value is -1.82. The highest BCUT2D eigenvalue weighted by Gasteiger charge is 2.06. The molecule has 6 heteroatoms. The molecular weight excluding hydrogens is 243 g/mol. The van der Waals surface area contributed by atoms with Crippen LogP contribution in [0.1, 0.15) is 0 Å². The Labute approximate surface area is 101 Å². The van der Waals surface area contributed by atoms with E-state index in [9.17, 15) is 9.18 Å². The molecule has 1 aromatic carbocycles. The van der Waals surface area contributed by atoms with Gasteiger partial charge >= 0.3 is 5.97 Å². The van der Waals surface area contributed by atoms with Crippen molar-refractivity contribution in [3.8, 4) is 11.3 Å². The van der Waals surface area contributed by atoms with Crippen LogP contribution in [0.15, 0.2) is 35.6 Å². The quantitative estimate of drug-likeness (QED) is 0.820. The number of imidazole rings is 1. The van der Waals surface area contributed by atoms with Gasteiger partial charge in [0.25, 0.3) is 0 Å². The first-order valence-electron chi connectivity index (χ1n) is 4.80. The van der Waals surface area contributed by atoms with Crippen molar-refractivity contribution < 1.29 is 14.3 Å². The molecule has 0 amide bonds. The molecule has 0 aliphatic rings. The summed E-state index contributed by atoms with van der Waals surface area (Å²) >= 11 is 1.09. The van der Waals surface area contributed by atoms with E-state index in [1.54, 1.807) is 18.3 Å². The zero-order valence-corrected chi connectivity index (χ0v) is 9.50. The van der Waals surface area contributed by atoms with Crippen LogP contribution in [0.3, 0.4) is 0 Å². The van der Waals surface area contributed by atoms with E-state index in [0.717, 1.165) is 11.8 Å². The molecule has 0 unspecified atom stereocenters. The van der Waals surface area contributed by atoms with Crippen LogP contribution in [0.25, 0.3) is 11.3 Å². The second-order valence-corrected chi connectivity index (χ2v) is 4.26. The highest BCUT2D eigenvalue weighted by atomic mass is 32.2. The largest absolute Gasteiger partial charge is 0.481 e. The lowest BCUT2D eigenvalue weighted by Gasteiger charge is -1.97. The average Bonchev–Trinajstić information content (AvgIpc) is 2.75. The van der Waals surface area contributed by atoms with Gasteiger partial charge in [0.1, 0.15) is 5.82 Å². The van der Waals surface area contributed by atoms with Crippen molar-refractivity contribution in [3.05, 3.63) is 36.3 Å². The molecule has 4 nitrogen and oxygen atoms in total. The number of carboxylic acid groups (broad SMARTS) is 1. The Bertz CT molecular complexity index is 542. The van der Waals surface area contributed by atoms with E-state index in [2.05, 4.69) is 9.97 Å². The van der Waals surface area contributed by atoms with Crippen molar-refractivity contribution in [1.82, 2.24) is 9.97 Å². The van der Waals surface area contributed by atoms with E-state index < -0.39 is 5.97 Å². The maximum atomic E-state index is 13.0. The second-order valence-electron chi connectivity index (χ2n) is 3.29. The summed E-state index contributed by atoms with van der Waals surface area (Å²) in [5.74, 6) is -1.29. The summed E-state index contributed by atoms with van der Waals surface area (Å²) in [6, 6.07) is 6.11. The molecule has 88 valence electrons. The predicted molar refractivity (Wildman–Crippen MR) is 62.3 cm³/mol. The molecule has 0 aliphatic carbocycles. The Morgan fingerprint density at radius 2 is 2.35 bits per heavy atom. The average molecular weight is 252 g/mol. The van der Waals surface area contributed by atoms with Crippen LogP contribution in [-0.2, 0) is 4.79 Å². The summed E-state index contributed by atoms with van der Waals surface area (Å²) in [7, 11) is 0. The number of hydrogen-bond acceptors (Lipinski definition) is 3. The monoisotopic (exact) mass is 252 g/mol. The van der Waals surface area contributed by atoms with Gasteiger partial charge in [-0.15, -0.1) is 0 Å². The number of nitrogens with one attached hydrogen (secondary N) is 1. The van der Waals surface area contributed by atoms with Crippen LogP contribution in [0.4, 0.5) is 4.39 Å². The first-order chi connectivity index (χ1) is 8.15. The van der Waals surface area contributed by atoms with Crippen molar-refractivity contribution in [1.29, 1.82) is 0 Å². The lowest BCUT2D eigenvalue weighted by atomic mass is 10.2. The van der Waals surface area contributed by atoms with Crippen LogP contribution in [0.2, 0.25) is 0 Å². The molecule has 0 aliphatic heterocycles. The predicted octanol–water partition coefficient (Wildman–Crippen LogP) is 2.39. The van der Waals surface area contributed by atoms with E-state index >= 15 is 0 Å². The Kier molecular flexibility index (Phi) is 3.43. The minimum Gasteiger partial charge on any atom is -0.481 e. The molecule has 0 spiro atoms. The number of aromatic amines is 1. The van der Waals surface area contributed by atoms with Gasteiger partial charge in [0, 0.05) is 5.56 Å². The molecule has 2 aromatic rings. The number of hydrogen-bond donors (Lipinski definition) is 2. The fourth-order valence-electron chi connectivity index (χ4n) is 1.31. The minimum absolute atomic E-state index is 0.0594. The summed E-state index contributed by atoms with van der Waals surface area (Å²) < 4.78 is 13.0. The number of benzene rings is 1. The fraction of sp³-hybridized carbons (Fsp3) is 0.0909. The van der Waals surface area contributed by atoms with Gasteiger partial charge in [-0.05, 0) is 12.1 Å². The van der Waals surface area contributed by atoms with Gasteiger partial charge in [0.2, 0.25) is 0 Å². The van der Waals surface area contributed by atoms with Gasteiger partial charge in [-0.1, -0.05) is 23.9 Å². The van der Waals surface area contributed by atoms with Crippen molar-refractivity contribution in [2.45, 2.75) is 5.16 Å². The number of carboxylic acids is 1. The van der Waals surface area contributed by atoms with Gasteiger partial charge in [0.05, 0.1) is 17.6 Å². The van der Waals surface area contributed by atoms with E-state index in [4.69, 9.17) is 5.11 Å². The third-order valence-electron chi connectivity index (χ3n) is 2.02. The maximum absolute atomic E-state index is 13.0. The first-order valence-corrected chi connectivity index (χ1v) is 5.79. The number of nitrogens with zero attached hydrogens (tertiary/aromatic N) is 1. The fourth-order valence-corrected chi connectivity index (χ4v) is 1.88. The first kappa shape index (κ1) is 11.7. The topological polar surface area (TPSA) is 66.0 Å². The number of carbonyl (C=O) groups is 1. The summed E-state index contributed by atoms with van der Waals surface area (Å²) in [4.78, 5) is 17.3. The summed E-state index contributed by atoms with van der Waals surface area (Å²) in [6.07, 6.45) is 1.55. The third kappa shape index (κ3) is 3.07. The van der Waals surface area contributed by atoms with Gasteiger partial charge in [0.15, 0.2) is 5.16 Å². The molecule has 2 rings (SSSR count). The Morgan fingerprint density at radius 3 is 3.06 bits per heavy atom. The van der Waals surface area contributed by atoms with Crippen LogP contribution in [-0.4, -0.2) is 26.8 Å². The summed E-state index contributed by atoms with van der Waals surface area (Å²) in [6.45, 7) is 0. The van der Waals surface area contributed by atoms with Crippen molar-refractivity contribution in [2.24, 2.45) is 0 Å². The van der Waals surface area contributed by atoms with E-state index in [1.807, 2.05) is 0 Å². The standard InChI is InChI=1S/C11H9FN2O2S/c12-8-3-1-2-7(4-8)9-5-13-11(14-9)17-6-10(15)16/h1-5H,6H2,(H,13,14)(H,15,16). The lowest BCUT2D eigenvalue weighted by Crippen LogP contribution is -1.97. The minimum atomic E-state index is -0.904. The summed E-state index contributed by atoms with van der Waals surface area (Å²) in [5, 5.41) is 9.03. The molecule has 2 N–H and O–H groups in total. The van der Waals surface area contributed by atoms with Crippen LogP contribution < -0.4 is 0 Å². The molecule has 1 heterocycles. The van der Waals surface area contributed by atoms with Crippen molar-refractivity contribution in [2.75, 3.05) is 5.75 Å². The number of aliphatic carboxylic acids is 1. The van der Waals surface area contributed by atoms with Crippen LogP contribution >= 0.6 is 11.8 Å². The molecule has 0 radical (unpaired) electrons. The molecule has 0 atom stereocenters. The third-order valence-corrected chi connectivity index (χ3v) is 2.89. The maximum Gasteiger partial charge on any atom is 0.313 e. The van der Waals surface area contributed by atoms with Gasteiger partial charge in [-0.25, -0.2) is 9.37 Å². The molecule has 0 saturated heterocycles. The van der Waals surface area contributed by atoms with E-state index in [0.29, 0.717) is 16.4 Å². The van der Waals surface area contributed by atoms with Gasteiger partial charge in [-0.3, -0.25) is 4.79 Å². The van der Waals surface area contributed by atoms with Gasteiger partial charge in [-0.2, -0.15) is 0 Å². The SMILES string of the molecule is O=C(O)CSc1ncc(-c2cccc(F)c2)[nH]1. The summed E-state index contributed by atoms with van der Waals surface area (Å²) in [5.41, 5.74) is 1.34. The molecule has 0 fully saturated rings. The molecule has 1 aromatic heterocycles. The lowest BCUT2D eigenvalue weighted by molar-refractivity contribution is -0.133. The normalized spacial score (nSPS) is 10.4. The molecule has 0 saturated carbocycles. The highest BCUT2D eigenvalue weighted by Crippen LogP contribution is 2.21. The van der Waals surface area contributed by atoms with E-state index in [-0.39, 0.29) is 11.6 Å². The van der Waals surface area contributed by atoms with Crippen LogP contribution in [0.5, 0.6) is 0 Å². The molecule has 17 heavy (non-hydrogen) atoms. The Balaban J connectivity index is 2.15. The zero-order valence-electron chi connectivity index (χ0n) is 8.68.